The van der Waals surface area contributed by atoms with Gasteiger partial charge in [0.25, 0.3) is 0 Å². The summed E-state index contributed by atoms with van der Waals surface area (Å²) in [6.45, 7) is 2.47. The number of hydrogen-bond acceptors (Lipinski definition) is 3. The van der Waals surface area contributed by atoms with Gasteiger partial charge in [-0.25, -0.2) is 0 Å². The maximum atomic E-state index is 11.8. The van der Waals surface area contributed by atoms with Crippen LogP contribution < -0.4 is 11.1 Å². The van der Waals surface area contributed by atoms with E-state index in [9.17, 15) is 4.79 Å². The molecule has 1 saturated heterocycles. The van der Waals surface area contributed by atoms with Gasteiger partial charge in [0.2, 0.25) is 5.91 Å². The Morgan fingerprint density at radius 1 is 1.21 bits per heavy atom. The molecule has 2 fully saturated rings. The molecule has 0 spiro atoms. The van der Waals surface area contributed by atoms with Crippen molar-refractivity contribution >= 4 is 5.91 Å². The lowest BCUT2D eigenvalue weighted by Gasteiger charge is -2.26. The maximum Gasteiger partial charge on any atom is 0.220 e. The zero-order valence-electron chi connectivity index (χ0n) is 11.9. The number of nitrogens with one attached hydrogen (secondary N) is 1. The molecule has 110 valence electrons. The maximum absolute atomic E-state index is 11.8. The first-order chi connectivity index (χ1) is 9.24. The minimum Gasteiger partial charge on any atom is -0.381 e. The highest BCUT2D eigenvalue weighted by atomic mass is 16.5. The third kappa shape index (κ3) is 5.49. The van der Waals surface area contributed by atoms with Gasteiger partial charge >= 0.3 is 0 Å². The molecular weight excluding hydrogens is 240 g/mol. The van der Waals surface area contributed by atoms with E-state index in [4.69, 9.17) is 10.5 Å². The highest BCUT2D eigenvalue weighted by Gasteiger charge is 2.20. The predicted octanol–water partition coefficient (Wildman–Crippen LogP) is 1.83. The van der Waals surface area contributed by atoms with Crippen molar-refractivity contribution in [2.45, 2.75) is 57.4 Å². The highest BCUT2D eigenvalue weighted by Crippen LogP contribution is 2.26. The number of carbonyl (C=O) groups is 1. The molecule has 1 aliphatic heterocycles. The predicted molar refractivity (Wildman–Crippen MR) is 75.7 cm³/mol. The van der Waals surface area contributed by atoms with E-state index in [2.05, 4.69) is 5.32 Å². The van der Waals surface area contributed by atoms with E-state index in [-0.39, 0.29) is 5.91 Å². The first-order valence-electron chi connectivity index (χ1n) is 7.84. The van der Waals surface area contributed by atoms with Crippen LogP contribution in [-0.2, 0) is 9.53 Å². The van der Waals surface area contributed by atoms with Gasteiger partial charge in [-0.1, -0.05) is 12.8 Å². The van der Waals surface area contributed by atoms with E-state index in [0.29, 0.717) is 24.3 Å². The minimum absolute atomic E-state index is 0.199. The number of rotatable bonds is 5. The Morgan fingerprint density at radius 2 is 2.05 bits per heavy atom. The van der Waals surface area contributed by atoms with Gasteiger partial charge in [0.1, 0.15) is 0 Å². The number of hydrogen-bond donors (Lipinski definition) is 2. The van der Waals surface area contributed by atoms with Gasteiger partial charge in [0, 0.05) is 25.6 Å². The standard InChI is InChI=1S/C15H28N2O2/c16-14-5-1-3-12(9-14)6-7-15(18)17-10-13-4-2-8-19-11-13/h12-14H,1-11,16H2,(H,17,18). The lowest BCUT2D eigenvalue weighted by Crippen LogP contribution is -2.34. The highest BCUT2D eigenvalue weighted by molar-refractivity contribution is 5.75. The van der Waals surface area contributed by atoms with Crippen LogP contribution in [0.15, 0.2) is 0 Å². The van der Waals surface area contributed by atoms with Gasteiger partial charge in [-0.2, -0.15) is 0 Å². The molecule has 3 N–H and O–H groups in total. The third-order valence-electron chi connectivity index (χ3n) is 4.45. The first-order valence-corrected chi connectivity index (χ1v) is 7.84. The molecule has 4 heteroatoms. The van der Waals surface area contributed by atoms with Gasteiger partial charge in [0.05, 0.1) is 6.61 Å². The molecule has 2 aliphatic rings. The molecule has 4 nitrogen and oxygen atoms in total. The van der Waals surface area contributed by atoms with Crippen molar-refractivity contribution in [2.24, 2.45) is 17.6 Å². The van der Waals surface area contributed by atoms with Crippen molar-refractivity contribution in [2.75, 3.05) is 19.8 Å². The molecular formula is C15H28N2O2. The van der Waals surface area contributed by atoms with Crippen molar-refractivity contribution in [3.05, 3.63) is 0 Å². The molecule has 1 saturated carbocycles. The molecule has 2 rings (SSSR count). The summed E-state index contributed by atoms with van der Waals surface area (Å²) in [6.07, 6.45) is 8.70. The van der Waals surface area contributed by atoms with Crippen LogP contribution >= 0.6 is 0 Å². The molecule has 0 aromatic rings. The van der Waals surface area contributed by atoms with Crippen LogP contribution in [0.2, 0.25) is 0 Å². The van der Waals surface area contributed by atoms with E-state index in [1.807, 2.05) is 0 Å². The van der Waals surface area contributed by atoms with Crippen molar-refractivity contribution in [1.82, 2.24) is 5.32 Å². The van der Waals surface area contributed by atoms with Crippen LogP contribution in [-0.4, -0.2) is 31.7 Å². The van der Waals surface area contributed by atoms with Crippen molar-refractivity contribution in [1.29, 1.82) is 0 Å². The lowest BCUT2D eigenvalue weighted by atomic mass is 9.83. The summed E-state index contributed by atoms with van der Waals surface area (Å²) in [4.78, 5) is 11.8. The SMILES string of the molecule is NC1CCCC(CCC(=O)NCC2CCCOC2)C1. The number of amides is 1. The van der Waals surface area contributed by atoms with E-state index in [1.54, 1.807) is 0 Å². The van der Waals surface area contributed by atoms with Crippen molar-refractivity contribution in [3.8, 4) is 0 Å². The summed E-state index contributed by atoms with van der Waals surface area (Å²) in [7, 11) is 0. The first kappa shape index (κ1) is 14.8. The Hall–Kier alpha value is -0.610. The summed E-state index contributed by atoms with van der Waals surface area (Å²) in [5.41, 5.74) is 5.97. The van der Waals surface area contributed by atoms with Crippen LogP contribution in [0.4, 0.5) is 0 Å². The third-order valence-corrected chi connectivity index (χ3v) is 4.45. The quantitative estimate of drug-likeness (QED) is 0.799. The molecule has 1 aliphatic carbocycles. The topological polar surface area (TPSA) is 64.4 Å². The summed E-state index contributed by atoms with van der Waals surface area (Å²) < 4.78 is 5.42. The van der Waals surface area contributed by atoms with E-state index in [0.717, 1.165) is 45.4 Å². The van der Waals surface area contributed by atoms with Gasteiger partial charge in [-0.05, 0) is 43.9 Å². The fraction of sp³-hybridized carbons (Fsp3) is 0.933. The van der Waals surface area contributed by atoms with Gasteiger partial charge in [-0.3, -0.25) is 4.79 Å². The van der Waals surface area contributed by atoms with E-state index in [1.165, 1.54) is 19.3 Å². The zero-order valence-corrected chi connectivity index (χ0v) is 11.9. The molecule has 0 radical (unpaired) electrons. The van der Waals surface area contributed by atoms with Crippen LogP contribution in [0.25, 0.3) is 0 Å². The lowest BCUT2D eigenvalue weighted by molar-refractivity contribution is -0.121. The Labute approximate surface area is 116 Å². The molecule has 1 heterocycles. The molecule has 1 amide bonds. The van der Waals surface area contributed by atoms with E-state index < -0.39 is 0 Å². The summed E-state index contributed by atoms with van der Waals surface area (Å²) in [5, 5.41) is 3.05. The van der Waals surface area contributed by atoms with Crippen LogP contribution in [0.5, 0.6) is 0 Å². The van der Waals surface area contributed by atoms with Crippen LogP contribution in [0.1, 0.15) is 51.4 Å². The second-order valence-electron chi connectivity index (χ2n) is 6.22. The van der Waals surface area contributed by atoms with Crippen LogP contribution in [0.3, 0.4) is 0 Å². The molecule has 3 atom stereocenters. The average molecular weight is 268 g/mol. The summed E-state index contributed by atoms with van der Waals surface area (Å²) >= 11 is 0. The van der Waals surface area contributed by atoms with Gasteiger partial charge < -0.3 is 15.8 Å². The number of carbonyl (C=O) groups excluding carboxylic acids is 1. The van der Waals surface area contributed by atoms with Crippen molar-refractivity contribution < 1.29 is 9.53 Å². The molecule has 3 unspecified atom stereocenters. The molecule has 0 bridgehead atoms. The minimum atomic E-state index is 0.199. The number of ether oxygens (including phenoxy) is 1. The largest absolute Gasteiger partial charge is 0.381 e. The number of nitrogens with two attached hydrogens (primary N) is 1. The smallest absolute Gasteiger partial charge is 0.220 e. The Morgan fingerprint density at radius 3 is 2.79 bits per heavy atom. The fourth-order valence-electron chi connectivity index (χ4n) is 3.24. The Bertz CT molecular complexity index is 277. The fourth-order valence-corrected chi connectivity index (χ4v) is 3.24. The second-order valence-corrected chi connectivity index (χ2v) is 6.22. The summed E-state index contributed by atoms with van der Waals surface area (Å²) in [6, 6.07) is 0.362. The Balaban J connectivity index is 1.56. The van der Waals surface area contributed by atoms with E-state index >= 15 is 0 Å². The Kier molecular flexibility index (Phi) is 6.11. The summed E-state index contributed by atoms with van der Waals surface area (Å²) in [5.74, 6) is 1.37. The normalized spacial score (nSPS) is 31.9. The zero-order chi connectivity index (χ0) is 13.5. The molecule has 19 heavy (non-hydrogen) atoms. The van der Waals surface area contributed by atoms with Crippen molar-refractivity contribution in [3.63, 3.8) is 0 Å². The van der Waals surface area contributed by atoms with Crippen LogP contribution in [0, 0.1) is 11.8 Å². The average Bonchev–Trinajstić information content (AvgIpc) is 2.44. The van der Waals surface area contributed by atoms with Gasteiger partial charge in [0.15, 0.2) is 0 Å². The monoisotopic (exact) mass is 268 g/mol. The molecule has 0 aromatic heterocycles. The second kappa shape index (κ2) is 7.85. The van der Waals surface area contributed by atoms with Gasteiger partial charge in [-0.15, -0.1) is 0 Å². The molecule has 0 aromatic carbocycles.